The Morgan fingerprint density at radius 2 is 1.05 bits per heavy atom. The fourth-order valence-corrected chi connectivity index (χ4v) is 8.52. The van der Waals surface area contributed by atoms with Crippen molar-refractivity contribution in [1.29, 1.82) is 0 Å². The van der Waals surface area contributed by atoms with Gasteiger partial charge in [-0.15, -0.1) is 0 Å². The summed E-state index contributed by atoms with van der Waals surface area (Å²) in [6.07, 6.45) is 2.93. The lowest BCUT2D eigenvalue weighted by molar-refractivity contribution is -0.139. The van der Waals surface area contributed by atoms with Crippen molar-refractivity contribution in [3.8, 4) is 0 Å². The van der Waals surface area contributed by atoms with Gasteiger partial charge in [0, 0.05) is 5.56 Å². The van der Waals surface area contributed by atoms with E-state index in [1.54, 1.807) is 50.2 Å². The Morgan fingerprint density at radius 1 is 0.613 bits per heavy atom. The highest BCUT2D eigenvalue weighted by Crippen LogP contribution is 2.42. The van der Waals surface area contributed by atoms with Crippen molar-refractivity contribution in [3.63, 3.8) is 0 Å². The monoisotopic (exact) mass is 864 g/mol. The molecule has 0 aromatic heterocycles. The van der Waals surface area contributed by atoms with Crippen LogP contribution in [-0.4, -0.2) is 22.8 Å². The molecule has 6 nitrogen and oxygen atoms in total. The quantitative estimate of drug-likeness (QED) is 0.0593. The van der Waals surface area contributed by atoms with Crippen LogP contribution in [0.3, 0.4) is 0 Å². The first-order chi connectivity index (χ1) is 29.7. The van der Waals surface area contributed by atoms with E-state index >= 15 is 0 Å². The maximum absolute atomic E-state index is 13.7. The topological polar surface area (TPSA) is 80.5 Å². The Morgan fingerprint density at radius 3 is 1.45 bits per heavy atom. The maximum atomic E-state index is 13.7. The first-order valence-corrected chi connectivity index (χ1v) is 21.7. The number of aliphatic hydroxyl groups is 1. The predicted molar refractivity (Wildman–Crippen MR) is 231 cm³/mol. The first-order valence-electron chi connectivity index (χ1n) is 21.7. The van der Waals surface area contributed by atoms with Crippen molar-refractivity contribution in [2.75, 3.05) is 0 Å². The summed E-state index contributed by atoms with van der Waals surface area (Å²) in [5, 5.41) is 17.6. The largest absolute Gasteiger partial charge is 0.416 e. The van der Waals surface area contributed by atoms with Crippen molar-refractivity contribution in [2.45, 2.75) is 149 Å². The van der Waals surface area contributed by atoms with Gasteiger partial charge in [0.25, 0.3) is 0 Å². The van der Waals surface area contributed by atoms with Gasteiger partial charge in [-0.2, -0.15) is 26.3 Å². The highest BCUT2D eigenvalue weighted by Gasteiger charge is 2.37. The zero-order chi connectivity index (χ0) is 44.9. The van der Waals surface area contributed by atoms with E-state index in [1.807, 2.05) is 38.1 Å². The van der Waals surface area contributed by atoms with Gasteiger partial charge in [0.2, 0.25) is 0 Å². The standard InChI is InChI=1S/C25H30F3NO2.C25H28F3NO2/c2*1-3-19-14-21(10-11-22(19)15-30)17(2)29-31-16-18-9-12-23(20-7-5-4-6-8-20)24(13-18)25(26,27)28/h9-14,20,30H,3-8,15-16H2,1-2H3;9-15,20H,3-8,16H2,1-2H3/b;29-17-. The van der Waals surface area contributed by atoms with Gasteiger partial charge in [0.05, 0.1) is 29.2 Å². The molecular weight excluding hydrogens is 807 g/mol. The molecule has 2 saturated carbocycles. The minimum Gasteiger partial charge on any atom is -0.392 e. The normalized spacial score (nSPS) is 15.8. The molecule has 0 amide bonds. The van der Waals surface area contributed by atoms with Crippen molar-refractivity contribution in [1.82, 2.24) is 0 Å². The number of aryl methyl sites for hydroxylation is 2. The molecule has 0 aliphatic heterocycles. The molecule has 2 aliphatic rings. The second kappa shape index (κ2) is 22.4. The maximum Gasteiger partial charge on any atom is 0.416 e. The smallest absolute Gasteiger partial charge is 0.392 e. The number of hydrogen-bond donors (Lipinski definition) is 1. The van der Waals surface area contributed by atoms with E-state index in [1.165, 1.54) is 12.1 Å². The number of alkyl halides is 6. The van der Waals surface area contributed by atoms with Crippen LogP contribution in [0.2, 0.25) is 0 Å². The van der Waals surface area contributed by atoms with Crippen LogP contribution in [0, 0.1) is 0 Å². The first kappa shape index (κ1) is 48.1. The zero-order valence-corrected chi connectivity index (χ0v) is 36.1. The van der Waals surface area contributed by atoms with E-state index in [9.17, 15) is 36.2 Å². The fraction of sp³-hybridized carbons (Fsp3) is 0.460. The number of nitrogens with zero attached hydrogens (tertiary/aromatic N) is 2. The number of aldehydes is 1. The van der Waals surface area contributed by atoms with Gasteiger partial charge >= 0.3 is 12.4 Å². The summed E-state index contributed by atoms with van der Waals surface area (Å²) in [6, 6.07) is 20.1. The third kappa shape index (κ3) is 13.0. The van der Waals surface area contributed by atoms with E-state index < -0.39 is 23.5 Å². The molecule has 0 unspecified atom stereocenters. The Labute approximate surface area is 361 Å². The molecule has 2 aliphatic carbocycles. The van der Waals surface area contributed by atoms with Gasteiger partial charge in [-0.25, -0.2) is 0 Å². The average molecular weight is 865 g/mol. The van der Waals surface area contributed by atoms with Gasteiger partial charge < -0.3 is 14.8 Å². The summed E-state index contributed by atoms with van der Waals surface area (Å²) in [5.74, 6) is -0.0435. The highest BCUT2D eigenvalue weighted by atomic mass is 19.4. The Bertz CT molecular complexity index is 2170. The fourth-order valence-electron chi connectivity index (χ4n) is 8.52. The van der Waals surface area contributed by atoms with Crippen LogP contribution in [0.4, 0.5) is 26.3 Å². The number of aliphatic hydroxyl groups excluding tert-OH is 1. The van der Waals surface area contributed by atoms with Crippen molar-refractivity contribution in [3.05, 3.63) is 140 Å². The van der Waals surface area contributed by atoms with Crippen LogP contribution in [0.25, 0.3) is 0 Å². The number of hydrogen-bond acceptors (Lipinski definition) is 6. The van der Waals surface area contributed by atoms with Crippen molar-refractivity contribution < 1.29 is 45.9 Å². The molecule has 0 saturated heterocycles. The molecule has 12 heteroatoms. The third-order valence-electron chi connectivity index (χ3n) is 12.0. The molecular formula is C50H58F6N2O4. The second-order valence-corrected chi connectivity index (χ2v) is 16.3. The summed E-state index contributed by atoms with van der Waals surface area (Å²) in [7, 11) is 0. The predicted octanol–water partition coefficient (Wildman–Crippen LogP) is 13.8. The Kier molecular flexibility index (Phi) is 17.4. The number of carbonyl (C=O) groups excluding carboxylic acids is 1. The number of oxime groups is 2. The zero-order valence-electron chi connectivity index (χ0n) is 36.1. The lowest BCUT2D eigenvalue weighted by Gasteiger charge is -2.25. The number of benzene rings is 4. The SMILES string of the molecule is CCc1cc(/C(C)=N\OCc2ccc(C3CCCCC3)c(C(F)(F)F)c2)ccc1C=O.CCc1cc(C(C)=NOCc2ccc(C3CCCCC3)c(C(F)(F)F)c2)ccc1CO. The molecule has 0 radical (unpaired) electrons. The molecule has 2 fully saturated rings. The van der Waals surface area contributed by atoms with E-state index in [4.69, 9.17) is 9.68 Å². The van der Waals surface area contributed by atoms with E-state index in [0.717, 1.165) is 105 Å². The molecule has 334 valence electrons. The molecule has 4 aromatic carbocycles. The number of carbonyl (C=O) groups is 1. The highest BCUT2D eigenvalue weighted by molar-refractivity contribution is 5.99. The van der Waals surface area contributed by atoms with Crippen LogP contribution >= 0.6 is 0 Å². The molecule has 0 atom stereocenters. The van der Waals surface area contributed by atoms with Gasteiger partial charge in [-0.05, 0) is 139 Å². The van der Waals surface area contributed by atoms with Gasteiger partial charge in [0.15, 0.2) is 0 Å². The van der Waals surface area contributed by atoms with Crippen LogP contribution in [0.1, 0.15) is 175 Å². The van der Waals surface area contributed by atoms with Gasteiger partial charge in [-0.3, -0.25) is 4.79 Å². The minimum absolute atomic E-state index is 0.0183. The minimum atomic E-state index is -4.39. The average Bonchev–Trinajstić information content (AvgIpc) is 3.28. The van der Waals surface area contributed by atoms with E-state index in [-0.39, 0.29) is 31.7 Å². The van der Waals surface area contributed by atoms with Crippen LogP contribution in [0.15, 0.2) is 83.1 Å². The molecule has 4 aromatic rings. The van der Waals surface area contributed by atoms with Crippen molar-refractivity contribution in [2.24, 2.45) is 10.3 Å². The molecule has 0 spiro atoms. The third-order valence-corrected chi connectivity index (χ3v) is 12.0. The second-order valence-electron chi connectivity index (χ2n) is 16.3. The number of halogens is 6. The van der Waals surface area contributed by atoms with Crippen LogP contribution < -0.4 is 0 Å². The lowest BCUT2D eigenvalue weighted by atomic mass is 9.81. The summed E-state index contributed by atoms with van der Waals surface area (Å²) in [6.45, 7) is 7.44. The molecule has 1 N–H and O–H groups in total. The summed E-state index contributed by atoms with van der Waals surface area (Å²) >= 11 is 0. The lowest BCUT2D eigenvalue weighted by Crippen LogP contribution is -2.15. The van der Waals surface area contributed by atoms with Gasteiger partial charge in [0.1, 0.15) is 19.5 Å². The Balaban J connectivity index is 0.000000234. The summed E-state index contributed by atoms with van der Waals surface area (Å²) in [5.41, 5.74) is 6.95. The van der Waals surface area contributed by atoms with Gasteiger partial charge in [-0.1, -0.05) is 111 Å². The molecule has 62 heavy (non-hydrogen) atoms. The molecule has 0 bridgehead atoms. The van der Waals surface area contributed by atoms with E-state index in [0.29, 0.717) is 45.7 Å². The van der Waals surface area contributed by atoms with Crippen molar-refractivity contribution >= 4 is 17.7 Å². The Hall–Kier alpha value is -4.97. The summed E-state index contributed by atoms with van der Waals surface area (Å²) < 4.78 is 82.2. The van der Waals surface area contributed by atoms with Crippen LogP contribution in [-0.2, 0) is 54.7 Å². The van der Waals surface area contributed by atoms with Crippen LogP contribution in [0.5, 0.6) is 0 Å². The number of rotatable bonds is 14. The molecule has 6 rings (SSSR count). The summed E-state index contributed by atoms with van der Waals surface area (Å²) in [4.78, 5) is 21.8. The van der Waals surface area contributed by atoms with E-state index in [2.05, 4.69) is 10.3 Å². The molecule has 0 heterocycles.